The maximum Gasteiger partial charge on any atom is 0.326 e. The number of carbonyl (C=O) groups excluding carboxylic acids is 5. The van der Waals surface area contributed by atoms with E-state index in [1.54, 1.807) is 30.3 Å². The van der Waals surface area contributed by atoms with Gasteiger partial charge in [0, 0.05) is 12.8 Å². The van der Waals surface area contributed by atoms with Crippen LogP contribution in [0.15, 0.2) is 30.3 Å². The Morgan fingerprint density at radius 3 is 1.76 bits per heavy atom. The van der Waals surface area contributed by atoms with Crippen molar-refractivity contribution in [2.75, 3.05) is 0 Å². The van der Waals surface area contributed by atoms with Gasteiger partial charge in [0.15, 0.2) is 0 Å². The van der Waals surface area contributed by atoms with Gasteiger partial charge in [0.1, 0.15) is 18.1 Å². The molecule has 15 nitrogen and oxygen atoms in total. The second-order valence-electron chi connectivity index (χ2n) is 8.09. The first-order valence-corrected chi connectivity index (χ1v) is 11.0. The number of rotatable bonds is 16. The van der Waals surface area contributed by atoms with Crippen LogP contribution in [0, 0.1) is 0 Å². The van der Waals surface area contributed by atoms with Crippen molar-refractivity contribution in [3.63, 3.8) is 0 Å². The van der Waals surface area contributed by atoms with Gasteiger partial charge in [-0.1, -0.05) is 30.3 Å². The summed E-state index contributed by atoms with van der Waals surface area (Å²) in [5.74, 6) is -7.62. The second-order valence-corrected chi connectivity index (χ2v) is 8.09. The quantitative estimate of drug-likeness (QED) is 0.107. The number of carboxylic acids is 2. The fourth-order valence-corrected chi connectivity index (χ4v) is 3.13. The third kappa shape index (κ3) is 11.6. The summed E-state index contributed by atoms with van der Waals surface area (Å²) in [7, 11) is 0. The van der Waals surface area contributed by atoms with Crippen molar-refractivity contribution in [3.8, 4) is 0 Å². The summed E-state index contributed by atoms with van der Waals surface area (Å²) >= 11 is 0. The van der Waals surface area contributed by atoms with Crippen LogP contribution < -0.4 is 33.2 Å². The van der Waals surface area contributed by atoms with Crippen LogP contribution in [0.3, 0.4) is 0 Å². The largest absolute Gasteiger partial charge is 0.481 e. The Morgan fingerprint density at radius 2 is 1.24 bits per heavy atom. The summed E-state index contributed by atoms with van der Waals surface area (Å²) in [6, 6.07) is 2.42. The lowest BCUT2D eigenvalue weighted by molar-refractivity contribution is -0.143. The molecule has 11 N–H and O–H groups in total. The molecule has 0 spiro atoms. The van der Waals surface area contributed by atoms with E-state index >= 15 is 0 Å². The fraction of sp³-hybridized carbons (Fsp3) is 0.409. The molecule has 4 unspecified atom stereocenters. The minimum absolute atomic E-state index is 0.0804. The van der Waals surface area contributed by atoms with Gasteiger partial charge in [-0.05, 0) is 12.0 Å². The predicted molar refractivity (Wildman–Crippen MR) is 126 cm³/mol. The minimum atomic E-state index is -1.65. The van der Waals surface area contributed by atoms with E-state index in [2.05, 4.69) is 16.0 Å². The van der Waals surface area contributed by atoms with Crippen LogP contribution in [0.1, 0.15) is 31.2 Å². The third-order valence-corrected chi connectivity index (χ3v) is 4.97. The van der Waals surface area contributed by atoms with Crippen molar-refractivity contribution in [1.82, 2.24) is 16.0 Å². The van der Waals surface area contributed by atoms with E-state index in [4.69, 9.17) is 22.3 Å². The Morgan fingerprint density at radius 1 is 0.730 bits per heavy atom. The number of carboxylic acid groups (broad SMARTS) is 2. The van der Waals surface area contributed by atoms with Gasteiger partial charge in [0.05, 0.1) is 18.9 Å². The van der Waals surface area contributed by atoms with Crippen LogP contribution >= 0.6 is 0 Å². The van der Waals surface area contributed by atoms with E-state index in [1.165, 1.54) is 0 Å². The molecule has 202 valence electrons. The second kappa shape index (κ2) is 14.8. The van der Waals surface area contributed by atoms with Crippen molar-refractivity contribution >= 4 is 41.5 Å². The highest BCUT2D eigenvalue weighted by molar-refractivity contribution is 5.96. The molecule has 15 heteroatoms. The molecule has 0 aliphatic heterocycles. The topological polar surface area (TPSA) is 274 Å². The number of hydrogen-bond donors (Lipinski definition) is 8. The molecule has 0 saturated carbocycles. The zero-order valence-electron chi connectivity index (χ0n) is 19.7. The van der Waals surface area contributed by atoms with Crippen molar-refractivity contribution in [1.29, 1.82) is 0 Å². The van der Waals surface area contributed by atoms with E-state index in [9.17, 15) is 38.7 Å². The lowest BCUT2D eigenvalue weighted by Gasteiger charge is -2.24. The fourth-order valence-electron chi connectivity index (χ4n) is 3.13. The maximum absolute atomic E-state index is 13.1. The molecule has 5 amide bonds. The number of primary amides is 2. The lowest BCUT2D eigenvalue weighted by Crippen LogP contribution is -2.58. The zero-order chi connectivity index (χ0) is 28.1. The summed E-state index contributed by atoms with van der Waals surface area (Å²) in [5.41, 5.74) is 16.5. The summed E-state index contributed by atoms with van der Waals surface area (Å²) in [6.07, 6.45) is -2.33. The normalized spacial score (nSPS) is 13.8. The van der Waals surface area contributed by atoms with E-state index < -0.39 is 91.3 Å². The monoisotopic (exact) mass is 522 g/mol. The van der Waals surface area contributed by atoms with Gasteiger partial charge in [0.2, 0.25) is 29.5 Å². The average Bonchev–Trinajstić information content (AvgIpc) is 2.80. The number of nitrogens with one attached hydrogen (secondary N) is 3. The highest BCUT2D eigenvalue weighted by Gasteiger charge is 2.31. The van der Waals surface area contributed by atoms with Crippen LogP contribution in [0.2, 0.25) is 0 Å². The standard InChI is InChI=1S/C22H30N6O9/c23-12(9-16(24)29)19(33)27-14(8-11-4-2-1-3-5-11)20(34)28-15(10-17(25)30)21(35)26-13(22(36)37)6-7-18(31)32/h1-5,12-15H,6-10,23H2,(H2,24,29)(H2,25,30)(H,26,35)(H,27,33)(H,28,34)(H,31,32)(H,36,37). The Labute approximate surface area is 211 Å². The van der Waals surface area contributed by atoms with Gasteiger partial charge in [0.25, 0.3) is 0 Å². The van der Waals surface area contributed by atoms with E-state index in [1.807, 2.05) is 0 Å². The Hall–Kier alpha value is -4.53. The molecule has 1 aromatic rings. The molecular weight excluding hydrogens is 492 g/mol. The SMILES string of the molecule is NC(=O)CC(N)C(=O)NC(Cc1ccccc1)C(=O)NC(CC(N)=O)C(=O)NC(CCC(=O)O)C(=O)O. The predicted octanol–water partition coefficient (Wildman–Crippen LogP) is -3.29. The van der Waals surface area contributed by atoms with Gasteiger partial charge in [-0.15, -0.1) is 0 Å². The summed E-state index contributed by atoms with van der Waals surface area (Å²) in [6.45, 7) is 0. The molecular formula is C22H30N6O9. The molecule has 0 radical (unpaired) electrons. The number of hydrogen-bond acceptors (Lipinski definition) is 8. The molecule has 0 fully saturated rings. The number of benzene rings is 1. The molecule has 1 aromatic carbocycles. The van der Waals surface area contributed by atoms with Crippen LogP contribution in [-0.4, -0.2) is 75.9 Å². The van der Waals surface area contributed by atoms with Crippen LogP contribution in [-0.2, 0) is 40.0 Å². The number of amides is 5. The Bertz CT molecular complexity index is 1020. The summed E-state index contributed by atoms with van der Waals surface area (Å²) < 4.78 is 0. The van der Waals surface area contributed by atoms with Gasteiger partial charge in [-0.3, -0.25) is 28.8 Å². The van der Waals surface area contributed by atoms with Crippen LogP contribution in [0.25, 0.3) is 0 Å². The molecule has 0 aliphatic rings. The number of aliphatic carboxylic acids is 2. The van der Waals surface area contributed by atoms with Crippen molar-refractivity contribution in [2.24, 2.45) is 17.2 Å². The van der Waals surface area contributed by atoms with Crippen LogP contribution in [0.5, 0.6) is 0 Å². The maximum atomic E-state index is 13.1. The third-order valence-electron chi connectivity index (χ3n) is 4.97. The molecule has 0 bridgehead atoms. The summed E-state index contributed by atoms with van der Waals surface area (Å²) in [5, 5.41) is 24.7. The van der Waals surface area contributed by atoms with Gasteiger partial charge in [-0.2, -0.15) is 0 Å². The average molecular weight is 523 g/mol. The molecule has 0 saturated heterocycles. The van der Waals surface area contributed by atoms with Gasteiger partial charge in [-0.25, -0.2) is 4.79 Å². The molecule has 37 heavy (non-hydrogen) atoms. The van der Waals surface area contributed by atoms with Crippen molar-refractivity contribution in [3.05, 3.63) is 35.9 Å². The molecule has 4 atom stereocenters. The molecule has 0 aromatic heterocycles. The van der Waals surface area contributed by atoms with Crippen molar-refractivity contribution < 1.29 is 43.8 Å². The molecule has 0 heterocycles. The Kier molecular flexibility index (Phi) is 12.2. The molecule has 1 rings (SSSR count). The van der Waals surface area contributed by atoms with Crippen LogP contribution in [0.4, 0.5) is 0 Å². The highest BCUT2D eigenvalue weighted by atomic mass is 16.4. The summed E-state index contributed by atoms with van der Waals surface area (Å²) in [4.78, 5) is 83.0. The first-order chi connectivity index (χ1) is 17.3. The lowest BCUT2D eigenvalue weighted by atomic mass is 10.0. The smallest absolute Gasteiger partial charge is 0.326 e. The highest BCUT2D eigenvalue weighted by Crippen LogP contribution is 2.06. The van der Waals surface area contributed by atoms with E-state index in [0.717, 1.165) is 0 Å². The number of carbonyl (C=O) groups is 7. The van der Waals surface area contributed by atoms with Gasteiger partial charge < -0.3 is 43.4 Å². The van der Waals surface area contributed by atoms with E-state index in [-0.39, 0.29) is 6.42 Å². The Balaban J connectivity index is 3.11. The zero-order valence-corrected chi connectivity index (χ0v) is 19.7. The van der Waals surface area contributed by atoms with E-state index in [0.29, 0.717) is 5.56 Å². The minimum Gasteiger partial charge on any atom is -0.481 e. The first kappa shape index (κ1) is 30.5. The van der Waals surface area contributed by atoms with Gasteiger partial charge >= 0.3 is 11.9 Å². The van der Waals surface area contributed by atoms with Crippen molar-refractivity contribution in [2.45, 2.75) is 56.3 Å². The molecule has 0 aliphatic carbocycles. The first-order valence-electron chi connectivity index (χ1n) is 11.0. The number of nitrogens with two attached hydrogens (primary N) is 3.